The lowest BCUT2D eigenvalue weighted by Gasteiger charge is -2.07. The first-order chi connectivity index (χ1) is 11.4. The summed E-state index contributed by atoms with van der Waals surface area (Å²) in [5.74, 6) is -1.30. The number of carboxylic acid groups (broad SMARTS) is 1. The Hall–Kier alpha value is -3.16. The number of nitrogens with zero attached hydrogens (tertiary/aromatic N) is 4. The Balaban J connectivity index is 2.13. The van der Waals surface area contributed by atoms with Crippen molar-refractivity contribution in [1.29, 1.82) is 0 Å². The number of rotatable bonds is 5. The number of hydrogen-bond acceptors (Lipinski definition) is 4. The number of primary amides is 1. The van der Waals surface area contributed by atoms with Gasteiger partial charge in [-0.1, -0.05) is 13.8 Å². The fourth-order valence-corrected chi connectivity index (χ4v) is 2.55. The van der Waals surface area contributed by atoms with Gasteiger partial charge in [0.05, 0.1) is 23.0 Å². The van der Waals surface area contributed by atoms with E-state index >= 15 is 0 Å². The number of carboxylic acids is 1. The van der Waals surface area contributed by atoms with Crippen molar-refractivity contribution in [3.8, 4) is 5.69 Å². The van der Waals surface area contributed by atoms with Gasteiger partial charge in [0.2, 0.25) is 0 Å². The van der Waals surface area contributed by atoms with E-state index in [0.717, 1.165) is 5.52 Å². The number of hydrogen-bond donors (Lipinski definition) is 2. The largest absolute Gasteiger partial charge is 0.478 e. The molecule has 2 heterocycles. The first kappa shape index (κ1) is 15.7. The summed E-state index contributed by atoms with van der Waals surface area (Å²) in [5, 5.41) is 18.0. The molecule has 24 heavy (non-hydrogen) atoms. The molecule has 0 radical (unpaired) electrons. The lowest BCUT2D eigenvalue weighted by molar-refractivity contribution is 0.0696. The highest BCUT2D eigenvalue weighted by molar-refractivity contribution is 6.04. The van der Waals surface area contributed by atoms with Crippen molar-refractivity contribution in [2.75, 3.05) is 0 Å². The molecule has 0 saturated carbocycles. The summed E-state index contributed by atoms with van der Waals surface area (Å²) in [5.41, 5.74) is 7.14. The van der Waals surface area contributed by atoms with Crippen LogP contribution in [0.3, 0.4) is 0 Å². The summed E-state index contributed by atoms with van der Waals surface area (Å²) in [4.78, 5) is 22.7. The quantitative estimate of drug-likeness (QED) is 0.739. The molecule has 0 saturated heterocycles. The van der Waals surface area contributed by atoms with Crippen molar-refractivity contribution in [3.63, 3.8) is 0 Å². The van der Waals surface area contributed by atoms with Gasteiger partial charge in [-0.05, 0) is 24.1 Å². The molecule has 3 N–H and O–H groups in total. The molecule has 0 aliphatic rings. The lowest BCUT2D eigenvalue weighted by atomic mass is 10.1. The van der Waals surface area contributed by atoms with Gasteiger partial charge in [0.25, 0.3) is 5.91 Å². The molecule has 124 valence electrons. The Morgan fingerprint density at radius 3 is 2.67 bits per heavy atom. The molecule has 0 aliphatic heterocycles. The first-order valence-electron chi connectivity index (χ1n) is 7.45. The van der Waals surface area contributed by atoms with Gasteiger partial charge in [-0.15, -0.1) is 0 Å². The summed E-state index contributed by atoms with van der Waals surface area (Å²) >= 11 is 0. The summed E-state index contributed by atoms with van der Waals surface area (Å²) in [6.07, 6.45) is 2.68. The lowest BCUT2D eigenvalue weighted by Crippen LogP contribution is -2.13. The number of nitrogens with two attached hydrogens (primary N) is 1. The standard InChI is InChI=1S/C16H17N5O3/c1-9(2)7-21-13-4-3-11(5-12(13)14(19-21)15(17)22)20-8-10(6-18-20)16(23)24/h3-6,8-9H,7H2,1-2H3,(H2,17,22)(H,23,24). The zero-order valence-corrected chi connectivity index (χ0v) is 13.3. The number of carbonyl (C=O) groups excluding carboxylic acids is 1. The Bertz CT molecular complexity index is 938. The second kappa shape index (κ2) is 5.80. The Labute approximate surface area is 137 Å². The monoisotopic (exact) mass is 327 g/mol. The fourth-order valence-electron chi connectivity index (χ4n) is 2.55. The van der Waals surface area contributed by atoms with E-state index in [2.05, 4.69) is 24.0 Å². The van der Waals surface area contributed by atoms with Gasteiger partial charge >= 0.3 is 5.97 Å². The highest BCUT2D eigenvalue weighted by Crippen LogP contribution is 2.23. The second-order valence-corrected chi connectivity index (χ2v) is 5.97. The molecule has 1 amide bonds. The number of aromatic carboxylic acids is 1. The van der Waals surface area contributed by atoms with E-state index in [9.17, 15) is 9.59 Å². The number of amides is 1. The zero-order chi connectivity index (χ0) is 17.4. The van der Waals surface area contributed by atoms with Crippen molar-refractivity contribution in [2.45, 2.75) is 20.4 Å². The molecular weight excluding hydrogens is 310 g/mol. The molecule has 3 rings (SSSR count). The molecule has 0 fully saturated rings. The third-order valence-electron chi connectivity index (χ3n) is 3.60. The van der Waals surface area contributed by atoms with E-state index in [4.69, 9.17) is 10.8 Å². The van der Waals surface area contributed by atoms with E-state index < -0.39 is 11.9 Å². The molecule has 0 unspecified atom stereocenters. The highest BCUT2D eigenvalue weighted by Gasteiger charge is 2.17. The van der Waals surface area contributed by atoms with Crippen LogP contribution in [-0.4, -0.2) is 36.5 Å². The van der Waals surface area contributed by atoms with E-state index in [1.807, 2.05) is 6.07 Å². The predicted octanol–water partition coefficient (Wildman–Crippen LogP) is 1.68. The van der Waals surface area contributed by atoms with Crippen molar-refractivity contribution in [2.24, 2.45) is 11.7 Å². The second-order valence-electron chi connectivity index (χ2n) is 5.97. The third kappa shape index (κ3) is 2.73. The van der Waals surface area contributed by atoms with Gasteiger partial charge in [0, 0.05) is 18.1 Å². The van der Waals surface area contributed by atoms with Gasteiger partial charge in [-0.2, -0.15) is 10.2 Å². The number of fused-ring (bicyclic) bond motifs is 1. The Morgan fingerprint density at radius 1 is 1.33 bits per heavy atom. The number of carbonyl (C=O) groups is 2. The van der Waals surface area contributed by atoms with Gasteiger partial charge in [-0.25, -0.2) is 9.48 Å². The Morgan fingerprint density at radius 2 is 2.08 bits per heavy atom. The minimum Gasteiger partial charge on any atom is -0.478 e. The SMILES string of the molecule is CC(C)Cn1nc(C(N)=O)c2cc(-n3cc(C(=O)O)cn3)ccc21. The summed E-state index contributed by atoms with van der Waals surface area (Å²) in [7, 11) is 0. The molecule has 0 spiro atoms. The minimum absolute atomic E-state index is 0.0840. The molecule has 0 bridgehead atoms. The van der Waals surface area contributed by atoms with Crippen LogP contribution in [-0.2, 0) is 6.54 Å². The highest BCUT2D eigenvalue weighted by atomic mass is 16.4. The van der Waals surface area contributed by atoms with Crippen LogP contribution < -0.4 is 5.73 Å². The van der Waals surface area contributed by atoms with Crippen LogP contribution in [0.1, 0.15) is 34.7 Å². The average Bonchev–Trinajstić information content (AvgIpc) is 3.11. The van der Waals surface area contributed by atoms with Crippen LogP contribution in [0.4, 0.5) is 0 Å². The van der Waals surface area contributed by atoms with Crippen LogP contribution in [0.15, 0.2) is 30.6 Å². The molecule has 8 heteroatoms. The van der Waals surface area contributed by atoms with Crippen molar-refractivity contribution in [3.05, 3.63) is 41.9 Å². The van der Waals surface area contributed by atoms with E-state index in [0.29, 0.717) is 23.5 Å². The van der Waals surface area contributed by atoms with Gasteiger partial charge in [0.15, 0.2) is 5.69 Å². The van der Waals surface area contributed by atoms with E-state index in [-0.39, 0.29) is 11.3 Å². The van der Waals surface area contributed by atoms with Gasteiger partial charge in [0.1, 0.15) is 0 Å². The minimum atomic E-state index is -1.05. The van der Waals surface area contributed by atoms with Crippen LogP contribution in [0, 0.1) is 5.92 Å². The van der Waals surface area contributed by atoms with Crippen LogP contribution in [0.2, 0.25) is 0 Å². The van der Waals surface area contributed by atoms with Crippen molar-refractivity contribution < 1.29 is 14.7 Å². The number of aromatic nitrogens is 4. The van der Waals surface area contributed by atoms with Crippen LogP contribution >= 0.6 is 0 Å². The van der Waals surface area contributed by atoms with Crippen molar-refractivity contribution >= 4 is 22.8 Å². The first-order valence-corrected chi connectivity index (χ1v) is 7.45. The maximum Gasteiger partial charge on any atom is 0.338 e. The average molecular weight is 327 g/mol. The molecule has 0 aliphatic carbocycles. The molecule has 0 atom stereocenters. The summed E-state index contributed by atoms with van der Waals surface area (Å²) in [6, 6.07) is 5.36. The maximum atomic E-state index is 11.7. The third-order valence-corrected chi connectivity index (χ3v) is 3.60. The smallest absolute Gasteiger partial charge is 0.338 e. The fraction of sp³-hybridized carbons (Fsp3) is 0.250. The molecule has 8 nitrogen and oxygen atoms in total. The molecule has 1 aromatic carbocycles. The predicted molar refractivity (Wildman–Crippen MR) is 87.2 cm³/mol. The van der Waals surface area contributed by atoms with Crippen LogP contribution in [0.25, 0.3) is 16.6 Å². The topological polar surface area (TPSA) is 116 Å². The van der Waals surface area contributed by atoms with Gasteiger partial charge < -0.3 is 10.8 Å². The summed E-state index contributed by atoms with van der Waals surface area (Å²) < 4.78 is 3.20. The van der Waals surface area contributed by atoms with E-state index in [1.54, 1.807) is 16.8 Å². The maximum absolute atomic E-state index is 11.7. The number of benzene rings is 1. The van der Waals surface area contributed by atoms with Crippen molar-refractivity contribution in [1.82, 2.24) is 19.6 Å². The Kier molecular flexibility index (Phi) is 3.80. The molecule has 3 aromatic rings. The van der Waals surface area contributed by atoms with Gasteiger partial charge in [-0.3, -0.25) is 9.48 Å². The van der Waals surface area contributed by atoms with E-state index in [1.165, 1.54) is 17.1 Å². The zero-order valence-electron chi connectivity index (χ0n) is 13.3. The molecular formula is C16H17N5O3. The van der Waals surface area contributed by atoms with Crippen LogP contribution in [0.5, 0.6) is 0 Å². The summed E-state index contributed by atoms with van der Waals surface area (Å²) in [6.45, 7) is 4.78. The normalized spacial score (nSPS) is 11.3. The molecule has 2 aromatic heterocycles.